The zero-order valence-electron chi connectivity index (χ0n) is 17.9. The minimum absolute atomic E-state index is 0. The number of carbonyl (C=O) groups is 1. The molecule has 0 radical (unpaired) electrons. The second-order valence-corrected chi connectivity index (χ2v) is 7.52. The quantitative estimate of drug-likeness (QED) is 0.336. The van der Waals surface area contributed by atoms with E-state index in [1.165, 1.54) is 23.3 Å². The van der Waals surface area contributed by atoms with Gasteiger partial charge in [0.15, 0.2) is 5.96 Å². The number of ether oxygens (including phenoxy) is 1. The predicted octanol–water partition coefficient (Wildman–Crippen LogP) is 3.05. The number of aryl methyl sites for hydroxylation is 1. The van der Waals surface area contributed by atoms with Gasteiger partial charge in [0.2, 0.25) is 5.91 Å². The largest absolute Gasteiger partial charge is 0.370 e. The number of guanidine groups is 1. The highest BCUT2D eigenvalue weighted by molar-refractivity contribution is 14.0. The molecule has 1 heterocycles. The molecule has 2 aromatic carbocycles. The second-order valence-electron chi connectivity index (χ2n) is 7.52. The highest BCUT2D eigenvalue weighted by Crippen LogP contribution is 2.25. The summed E-state index contributed by atoms with van der Waals surface area (Å²) < 4.78 is 19.1. The lowest BCUT2D eigenvalue weighted by Gasteiger charge is -2.36. The highest BCUT2D eigenvalue weighted by Gasteiger charge is 2.26. The molecule has 0 saturated carbocycles. The zero-order valence-corrected chi connectivity index (χ0v) is 20.2. The number of morpholine rings is 1. The molecule has 2 atom stereocenters. The fourth-order valence-electron chi connectivity index (χ4n) is 3.70. The average Bonchev–Trinajstić information content (AvgIpc) is 2.75. The molecule has 1 fully saturated rings. The highest BCUT2D eigenvalue weighted by atomic mass is 127. The number of nitrogens with one attached hydrogen (secondary N) is 1. The second kappa shape index (κ2) is 12.0. The van der Waals surface area contributed by atoms with Crippen LogP contribution < -0.4 is 11.1 Å². The lowest BCUT2D eigenvalue weighted by atomic mass is 9.98. The fourth-order valence-corrected chi connectivity index (χ4v) is 3.70. The number of aliphatic imine (C=N–C) groups is 1. The molecule has 0 bridgehead atoms. The van der Waals surface area contributed by atoms with Gasteiger partial charge in [-0.05, 0) is 42.2 Å². The van der Waals surface area contributed by atoms with E-state index < -0.39 is 11.8 Å². The van der Waals surface area contributed by atoms with Crippen molar-refractivity contribution in [2.75, 3.05) is 33.3 Å². The summed E-state index contributed by atoms with van der Waals surface area (Å²) in [6.45, 7) is 4.41. The SMILES string of the molecule is CN=C(NCC(Cc1ccc(F)cc1)C(N)=O)N1CCOC(c2ccccc2C)C1.I. The van der Waals surface area contributed by atoms with E-state index in [1.54, 1.807) is 19.2 Å². The van der Waals surface area contributed by atoms with Crippen molar-refractivity contribution in [3.05, 3.63) is 71.0 Å². The Kier molecular flexibility index (Phi) is 9.70. The number of hydrogen-bond acceptors (Lipinski definition) is 3. The van der Waals surface area contributed by atoms with Crippen LogP contribution in [0.15, 0.2) is 53.5 Å². The zero-order chi connectivity index (χ0) is 21.5. The first kappa shape index (κ1) is 25.1. The van der Waals surface area contributed by atoms with Crippen LogP contribution in [0.4, 0.5) is 4.39 Å². The number of nitrogens with zero attached hydrogens (tertiary/aromatic N) is 2. The molecule has 3 rings (SSSR count). The summed E-state index contributed by atoms with van der Waals surface area (Å²) in [5.41, 5.74) is 8.84. The molecule has 6 nitrogen and oxygen atoms in total. The van der Waals surface area contributed by atoms with E-state index in [9.17, 15) is 9.18 Å². The van der Waals surface area contributed by atoms with E-state index in [1.807, 2.05) is 12.1 Å². The van der Waals surface area contributed by atoms with Gasteiger partial charge in [0.1, 0.15) is 11.9 Å². The van der Waals surface area contributed by atoms with Crippen molar-refractivity contribution in [2.45, 2.75) is 19.4 Å². The van der Waals surface area contributed by atoms with Gasteiger partial charge in [-0.15, -0.1) is 24.0 Å². The summed E-state index contributed by atoms with van der Waals surface area (Å²) in [4.78, 5) is 18.5. The van der Waals surface area contributed by atoms with Crippen LogP contribution in [0.2, 0.25) is 0 Å². The Morgan fingerprint density at radius 3 is 2.65 bits per heavy atom. The van der Waals surface area contributed by atoms with Gasteiger partial charge in [0, 0.05) is 20.1 Å². The normalized spacial score (nSPS) is 17.6. The molecule has 168 valence electrons. The molecule has 2 aromatic rings. The average molecular weight is 540 g/mol. The van der Waals surface area contributed by atoms with Crippen LogP contribution in [0.5, 0.6) is 0 Å². The number of rotatable bonds is 6. The monoisotopic (exact) mass is 540 g/mol. The molecule has 1 aliphatic heterocycles. The topological polar surface area (TPSA) is 79.9 Å². The van der Waals surface area contributed by atoms with Crippen LogP contribution in [-0.4, -0.2) is 50.1 Å². The van der Waals surface area contributed by atoms with Gasteiger partial charge in [-0.1, -0.05) is 36.4 Å². The smallest absolute Gasteiger partial charge is 0.222 e. The van der Waals surface area contributed by atoms with E-state index >= 15 is 0 Å². The van der Waals surface area contributed by atoms with Crippen molar-refractivity contribution >= 4 is 35.8 Å². The summed E-state index contributed by atoms with van der Waals surface area (Å²) >= 11 is 0. The Morgan fingerprint density at radius 2 is 2.00 bits per heavy atom. The van der Waals surface area contributed by atoms with Gasteiger partial charge in [-0.2, -0.15) is 0 Å². The summed E-state index contributed by atoms with van der Waals surface area (Å²) in [5.74, 6) is -0.423. The molecular weight excluding hydrogens is 510 g/mol. The Morgan fingerprint density at radius 1 is 1.29 bits per heavy atom. The Balaban J connectivity index is 0.00000341. The third-order valence-electron chi connectivity index (χ3n) is 5.42. The fraction of sp³-hybridized carbons (Fsp3) is 0.391. The van der Waals surface area contributed by atoms with E-state index in [0.717, 1.165) is 5.56 Å². The molecule has 0 aliphatic carbocycles. The van der Waals surface area contributed by atoms with Crippen molar-refractivity contribution in [1.29, 1.82) is 0 Å². The van der Waals surface area contributed by atoms with Gasteiger partial charge in [0.05, 0.1) is 19.1 Å². The van der Waals surface area contributed by atoms with Crippen LogP contribution in [0.3, 0.4) is 0 Å². The number of amides is 1. The summed E-state index contributed by atoms with van der Waals surface area (Å²) in [6.07, 6.45) is 0.402. The lowest BCUT2D eigenvalue weighted by molar-refractivity contribution is -0.121. The van der Waals surface area contributed by atoms with Gasteiger partial charge in [-0.25, -0.2) is 4.39 Å². The molecule has 3 N–H and O–H groups in total. The van der Waals surface area contributed by atoms with Crippen LogP contribution >= 0.6 is 24.0 Å². The van der Waals surface area contributed by atoms with Crippen molar-refractivity contribution < 1.29 is 13.9 Å². The number of benzene rings is 2. The van der Waals surface area contributed by atoms with Crippen LogP contribution in [-0.2, 0) is 16.0 Å². The first-order valence-electron chi connectivity index (χ1n) is 10.1. The van der Waals surface area contributed by atoms with E-state index in [-0.39, 0.29) is 35.9 Å². The number of halogens is 2. The summed E-state index contributed by atoms with van der Waals surface area (Å²) in [5, 5.41) is 3.28. The Hall–Kier alpha value is -2.20. The number of nitrogens with two attached hydrogens (primary N) is 1. The minimum Gasteiger partial charge on any atom is -0.370 e. The molecule has 8 heteroatoms. The molecule has 1 amide bonds. The van der Waals surface area contributed by atoms with Crippen LogP contribution in [0, 0.1) is 18.7 Å². The van der Waals surface area contributed by atoms with Gasteiger partial charge in [-0.3, -0.25) is 9.79 Å². The van der Waals surface area contributed by atoms with Crippen LogP contribution in [0.25, 0.3) is 0 Å². The standard InChI is InChI=1S/C23H29FN4O2.HI/c1-16-5-3-4-6-20(16)21-15-28(11-12-30-21)23(26-2)27-14-18(22(25)29)13-17-7-9-19(24)10-8-17;/h3-10,18,21H,11-15H2,1-2H3,(H2,25,29)(H,26,27);1H. The van der Waals surface area contributed by atoms with Gasteiger partial charge < -0.3 is 20.7 Å². The number of carbonyl (C=O) groups excluding carboxylic acids is 1. The van der Waals surface area contributed by atoms with Crippen LogP contribution in [0.1, 0.15) is 22.8 Å². The molecule has 1 aliphatic rings. The Labute approximate surface area is 200 Å². The van der Waals surface area contributed by atoms with Crippen molar-refractivity contribution in [1.82, 2.24) is 10.2 Å². The summed E-state index contributed by atoms with van der Waals surface area (Å²) in [7, 11) is 1.72. The van der Waals surface area contributed by atoms with Gasteiger partial charge in [0.25, 0.3) is 0 Å². The maximum Gasteiger partial charge on any atom is 0.222 e. The van der Waals surface area contributed by atoms with Crippen molar-refractivity contribution in [3.8, 4) is 0 Å². The van der Waals surface area contributed by atoms with E-state index in [4.69, 9.17) is 10.5 Å². The molecule has 2 unspecified atom stereocenters. The maximum atomic E-state index is 13.1. The van der Waals surface area contributed by atoms with E-state index in [0.29, 0.717) is 38.6 Å². The minimum atomic E-state index is -0.430. The maximum absolute atomic E-state index is 13.1. The number of primary amides is 1. The lowest BCUT2D eigenvalue weighted by Crippen LogP contribution is -2.50. The Bertz CT molecular complexity index is 891. The first-order valence-corrected chi connectivity index (χ1v) is 10.1. The first-order chi connectivity index (χ1) is 14.5. The van der Waals surface area contributed by atoms with Crippen molar-refractivity contribution in [2.24, 2.45) is 16.6 Å². The molecular formula is C23H30FIN4O2. The predicted molar refractivity (Wildman–Crippen MR) is 131 cm³/mol. The molecule has 0 spiro atoms. The number of hydrogen-bond donors (Lipinski definition) is 2. The van der Waals surface area contributed by atoms with Crippen molar-refractivity contribution in [3.63, 3.8) is 0 Å². The third kappa shape index (κ3) is 6.90. The van der Waals surface area contributed by atoms with Gasteiger partial charge >= 0.3 is 0 Å². The molecule has 1 saturated heterocycles. The third-order valence-corrected chi connectivity index (χ3v) is 5.42. The molecule has 0 aromatic heterocycles. The molecule has 31 heavy (non-hydrogen) atoms. The summed E-state index contributed by atoms with van der Waals surface area (Å²) in [6, 6.07) is 14.3. The van der Waals surface area contributed by atoms with E-state index in [2.05, 4.69) is 34.3 Å².